The van der Waals surface area contributed by atoms with E-state index in [0.717, 1.165) is 50.0 Å². The first-order valence-electron chi connectivity index (χ1n) is 16.6. The van der Waals surface area contributed by atoms with Crippen molar-refractivity contribution in [2.45, 2.75) is 148 Å². The Hall–Kier alpha value is -1.98. The molecule has 2 nitrogen and oxygen atoms in total. The molecule has 0 amide bonds. The van der Waals surface area contributed by atoms with E-state index in [1.165, 1.54) is 76.7 Å². The summed E-state index contributed by atoms with van der Waals surface area (Å²) in [5.74, 6) is -5.95. The number of unbranched alkanes of at least 4 members (excludes halogenated alkanes) is 12. The molecule has 41 heavy (non-hydrogen) atoms. The molecule has 1 unspecified atom stereocenters. The van der Waals surface area contributed by atoms with Crippen molar-refractivity contribution in [3.8, 4) is 11.4 Å². The van der Waals surface area contributed by atoms with Gasteiger partial charge in [0.05, 0.1) is 11.1 Å². The maximum Gasteiger partial charge on any atom is 0.279 e. The molecule has 1 atom stereocenters. The van der Waals surface area contributed by atoms with Crippen molar-refractivity contribution in [1.29, 1.82) is 0 Å². The third kappa shape index (κ3) is 9.25. The largest absolute Gasteiger partial charge is 0.279 e. The van der Waals surface area contributed by atoms with Crippen LogP contribution in [0, 0.1) is 23.5 Å². The molecule has 0 radical (unpaired) electrons. The Morgan fingerprint density at radius 1 is 0.732 bits per heavy atom. The highest BCUT2D eigenvalue weighted by molar-refractivity contribution is 5.60. The predicted octanol–water partition coefficient (Wildman–Crippen LogP) is 11.3. The van der Waals surface area contributed by atoms with Gasteiger partial charge in [-0.25, -0.2) is 27.5 Å². The molecular formula is C35H50F4N2. The summed E-state index contributed by atoms with van der Waals surface area (Å²) in [7, 11) is 0. The van der Waals surface area contributed by atoms with E-state index in [1.54, 1.807) is 12.4 Å². The van der Waals surface area contributed by atoms with E-state index >= 15 is 17.6 Å². The van der Waals surface area contributed by atoms with E-state index in [1.807, 2.05) is 0 Å². The van der Waals surface area contributed by atoms with Crippen LogP contribution in [0.25, 0.3) is 11.4 Å². The molecular weight excluding hydrogens is 524 g/mol. The van der Waals surface area contributed by atoms with E-state index in [2.05, 4.69) is 16.9 Å². The fourth-order valence-electron chi connectivity index (χ4n) is 6.46. The van der Waals surface area contributed by atoms with Crippen LogP contribution in [-0.4, -0.2) is 9.97 Å². The van der Waals surface area contributed by atoms with Crippen molar-refractivity contribution in [3.05, 3.63) is 46.8 Å². The quantitative estimate of drug-likeness (QED) is 0.123. The monoisotopic (exact) mass is 574 g/mol. The molecule has 0 N–H and O–H groups in total. The van der Waals surface area contributed by atoms with Gasteiger partial charge in [-0.15, -0.1) is 0 Å². The van der Waals surface area contributed by atoms with Gasteiger partial charge in [-0.2, -0.15) is 0 Å². The van der Waals surface area contributed by atoms with Crippen molar-refractivity contribution in [2.75, 3.05) is 0 Å². The molecule has 2 aliphatic carbocycles. The zero-order chi connectivity index (χ0) is 29.1. The molecule has 228 valence electrons. The minimum atomic E-state index is -3.37. The van der Waals surface area contributed by atoms with Crippen LogP contribution in [0.4, 0.5) is 17.6 Å². The number of hydrogen-bond acceptors (Lipinski definition) is 2. The Morgan fingerprint density at radius 3 is 1.95 bits per heavy atom. The maximum absolute atomic E-state index is 15.4. The zero-order valence-corrected chi connectivity index (χ0v) is 25.1. The molecule has 1 saturated carbocycles. The summed E-state index contributed by atoms with van der Waals surface area (Å²) in [4.78, 5) is 8.58. The average molecular weight is 575 g/mol. The number of hydrogen-bond donors (Lipinski definition) is 0. The van der Waals surface area contributed by atoms with Gasteiger partial charge in [-0.3, -0.25) is 0 Å². The van der Waals surface area contributed by atoms with Crippen molar-refractivity contribution in [2.24, 2.45) is 11.8 Å². The van der Waals surface area contributed by atoms with Gasteiger partial charge >= 0.3 is 0 Å². The third-order valence-corrected chi connectivity index (χ3v) is 9.27. The normalized spacial score (nSPS) is 18.0. The van der Waals surface area contributed by atoms with E-state index < -0.39 is 29.0 Å². The van der Waals surface area contributed by atoms with Gasteiger partial charge in [0.2, 0.25) is 0 Å². The minimum Gasteiger partial charge on any atom is -0.236 e. The van der Waals surface area contributed by atoms with E-state index in [4.69, 9.17) is 0 Å². The molecule has 0 aliphatic heterocycles. The summed E-state index contributed by atoms with van der Waals surface area (Å²) in [5, 5.41) is 0. The van der Waals surface area contributed by atoms with Crippen molar-refractivity contribution in [3.63, 3.8) is 0 Å². The molecule has 1 heterocycles. The molecule has 0 spiro atoms. The van der Waals surface area contributed by atoms with Gasteiger partial charge in [0, 0.05) is 18.3 Å². The Morgan fingerprint density at radius 2 is 1.32 bits per heavy atom. The summed E-state index contributed by atoms with van der Waals surface area (Å²) in [5.41, 5.74) is 0.255. The summed E-state index contributed by atoms with van der Waals surface area (Å²) >= 11 is 0. The van der Waals surface area contributed by atoms with Gasteiger partial charge in [0.25, 0.3) is 5.92 Å². The van der Waals surface area contributed by atoms with Crippen molar-refractivity contribution >= 4 is 0 Å². The highest BCUT2D eigenvalue weighted by Crippen LogP contribution is 2.49. The first-order valence-corrected chi connectivity index (χ1v) is 16.6. The second-order valence-electron chi connectivity index (χ2n) is 12.7. The number of benzene rings is 1. The van der Waals surface area contributed by atoms with Crippen LogP contribution in [-0.2, 0) is 18.8 Å². The summed E-state index contributed by atoms with van der Waals surface area (Å²) in [6.07, 6.45) is 25.5. The number of halogens is 4. The smallest absolute Gasteiger partial charge is 0.236 e. The molecule has 1 aromatic heterocycles. The minimum absolute atomic E-state index is 0.0488. The summed E-state index contributed by atoms with van der Waals surface area (Å²) in [6.45, 7) is 2.16. The lowest BCUT2D eigenvalue weighted by Crippen LogP contribution is -2.33. The molecule has 1 aromatic carbocycles. The average Bonchev–Trinajstić information content (AvgIpc) is 3.79. The maximum atomic E-state index is 15.4. The lowest BCUT2D eigenvalue weighted by Gasteiger charge is -2.34. The number of aryl methyl sites for hydroxylation is 2. The van der Waals surface area contributed by atoms with Crippen LogP contribution < -0.4 is 0 Å². The Labute approximate surface area is 245 Å². The topological polar surface area (TPSA) is 25.8 Å². The number of rotatable bonds is 19. The molecule has 6 heteroatoms. The number of fused-ring (bicyclic) bond motifs is 1. The highest BCUT2D eigenvalue weighted by Gasteiger charge is 2.48. The van der Waals surface area contributed by atoms with Crippen molar-refractivity contribution in [1.82, 2.24) is 9.97 Å². The van der Waals surface area contributed by atoms with Crippen LogP contribution >= 0.6 is 0 Å². The fourth-order valence-corrected chi connectivity index (χ4v) is 6.46. The van der Waals surface area contributed by atoms with Gasteiger partial charge < -0.3 is 0 Å². The SMILES string of the molecule is CCCCCCCCCC1CCc2cc(-c3ncc(CCCCCCCCCC4CC4)cn3)c(F)c(F)c2C1(F)F. The van der Waals surface area contributed by atoms with E-state index in [9.17, 15) is 0 Å². The van der Waals surface area contributed by atoms with Crippen LogP contribution in [0.1, 0.15) is 146 Å². The second-order valence-corrected chi connectivity index (χ2v) is 12.7. The zero-order valence-electron chi connectivity index (χ0n) is 25.1. The van der Waals surface area contributed by atoms with E-state index in [0.29, 0.717) is 19.3 Å². The highest BCUT2D eigenvalue weighted by atomic mass is 19.3. The van der Waals surface area contributed by atoms with Crippen LogP contribution in [0.3, 0.4) is 0 Å². The van der Waals surface area contributed by atoms with Gasteiger partial charge in [-0.1, -0.05) is 110 Å². The number of aromatic nitrogens is 2. The van der Waals surface area contributed by atoms with Crippen molar-refractivity contribution < 1.29 is 17.6 Å². The van der Waals surface area contributed by atoms with Crippen LogP contribution in [0.5, 0.6) is 0 Å². The van der Waals surface area contributed by atoms with Gasteiger partial charge in [0.1, 0.15) is 0 Å². The molecule has 1 fully saturated rings. The number of nitrogens with zero attached hydrogens (tertiary/aromatic N) is 2. The first-order chi connectivity index (χ1) is 19.9. The molecule has 0 saturated heterocycles. The first kappa shape index (κ1) is 31.9. The number of alkyl halides is 2. The Kier molecular flexibility index (Phi) is 12.5. The molecule has 0 bridgehead atoms. The van der Waals surface area contributed by atoms with Gasteiger partial charge in [0.15, 0.2) is 17.5 Å². The van der Waals surface area contributed by atoms with Gasteiger partial charge in [-0.05, 0) is 55.2 Å². The van der Waals surface area contributed by atoms with Crippen LogP contribution in [0.2, 0.25) is 0 Å². The van der Waals surface area contributed by atoms with E-state index in [-0.39, 0.29) is 23.4 Å². The lowest BCUT2D eigenvalue weighted by molar-refractivity contribution is -0.0823. The molecule has 2 aliphatic rings. The Balaban J connectivity index is 1.26. The summed E-state index contributed by atoms with van der Waals surface area (Å²) in [6, 6.07) is 1.35. The Bertz CT molecular complexity index is 1060. The lowest BCUT2D eigenvalue weighted by atomic mass is 9.77. The third-order valence-electron chi connectivity index (χ3n) is 9.27. The molecule has 4 rings (SSSR count). The second kappa shape index (κ2) is 16.0. The predicted molar refractivity (Wildman–Crippen MR) is 159 cm³/mol. The van der Waals surface area contributed by atoms with Crippen LogP contribution in [0.15, 0.2) is 18.5 Å². The molecule has 2 aromatic rings. The fraction of sp³-hybridized carbons (Fsp3) is 0.714. The summed E-state index contributed by atoms with van der Waals surface area (Å²) < 4.78 is 61.2. The standard InChI is InChI=1S/C35H50F4N2/c1-2-3-4-5-7-12-15-18-29-22-21-28-23-30(32(36)33(37)31(28)35(29,38)39)34-40-24-27(25-41-34)17-14-11-9-6-8-10-13-16-26-19-20-26/h23-26,29H,2-22H2,1H3.